The Balaban J connectivity index is 3.06. The van der Waals surface area contributed by atoms with Crippen LogP contribution >= 0.6 is 0 Å². The molecule has 1 heterocycles. The predicted octanol–water partition coefficient (Wildman–Crippen LogP) is 0.903. The topological polar surface area (TPSA) is 51.3 Å². The zero-order chi connectivity index (χ0) is 8.27. The summed E-state index contributed by atoms with van der Waals surface area (Å²) in [5.74, 6) is 4.61. The van der Waals surface area contributed by atoms with Gasteiger partial charge in [-0.05, 0) is 13.0 Å². The molecule has 0 bridgehead atoms. The summed E-state index contributed by atoms with van der Waals surface area (Å²) in [5, 5.41) is 3.41. The van der Waals surface area contributed by atoms with E-state index in [9.17, 15) is 4.39 Å². The molecule has 0 aliphatic rings. The smallest absolute Gasteiger partial charge is 0.142 e. The first kappa shape index (κ1) is 7.65. The number of halogens is 1. The van der Waals surface area contributed by atoms with Gasteiger partial charge in [0.05, 0.1) is 11.9 Å². The Morgan fingerprint density at radius 3 is 2.91 bits per heavy atom. The number of hydrogen-bond acceptors (Lipinski definition) is 3. The van der Waals surface area contributed by atoms with Crippen LogP contribution in [0.4, 0.5) is 4.39 Å². The molecule has 0 saturated carbocycles. The minimum Gasteiger partial charge on any atom is -0.323 e. The summed E-state index contributed by atoms with van der Waals surface area (Å²) < 4.78 is 12.5. The third-order valence-electron chi connectivity index (χ3n) is 1.32. The van der Waals surface area contributed by atoms with Crippen LogP contribution in [0, 0.1) is 5.82 Å². The molecule has 0 unspecified atom stereocenters. The molecule has 0 saturated heterocycles. The highest BCUT2D eigenvalue weighted by molar-refractivity contribution is 5.98. The van der Waals surface area contributed by atoms with Crippen molar-refractivity contribution in [2.24, 2.45) is 10.9 Å². The van der Waals surface area contributed by atoms with Crippen LogP contribution in [0.5, 0.6) is 0 Å². The van der Waals surface area contributed by atoms with Gasteiger partial charge in [-0.1, -0.05) is 0 Å². The second-order valence-electron chi connectivity index (χ2n) is 2.11. The molecule has 0 atom stereocenters. The summed E-state index contributed by atoms with van der Waals surface area (Å²) in [5.41, 5.74) is 1.17. The molecule has 3 nitrogen and oxygen atoms in total. The van der Waals surface area contributed by atoms with E-state index in [2.05, 4.69) is 10.1 Å². The van der Waals surface area contributed by atoms with Crippen LogP contribution in [0.2, 0.25) is 0 Å². The van der Waals surface area contributed by atoms with Crippen molar-refractivity contribution < 1.29 is 4.39 Å². The maximum absolute atomic E-state index is 12.5. The predicted molar refractivity (Wildman–Crippen MR) is 40.6 cm³/mol. The number of nitrogens with zero attached hydrogens (tertiary/aromatic N) is 2. The Kier molecular flexibility index (Phi) is 2.15. The Morgan fingerprint density at radius 2 is 2.36 bits per heavy atom. The molecule has 0 fully saturated rings. The van der Waals surface area contributed by atoms with Gasteiger partial charge in [0, 0.05) is 11.8 Å². The third-order valence-corrected chi connectivity index (χ3v) is 1.32. The lowest BCUT2D eigenvalue weighted by Crippen LogP contribution is -1.99. The van der Waals surface area contributed by atoms with Crippen LogP contribution in [-0.2, 0) is 0 Å². The van der Waals surface area contributed by atoms with Crippen molar-refractivity contribution in [3.05, 3.63) is 29.8 Å². The molecule has 0 spiro atoms. The van der Waals surface area contributed by atoms with Gasteiger partial charge in [-0.15, -0.1) is 0 Å². The maximum atomic E-state index is 12.5. The van der Waals surface area contributed by atoms with Crippen molar-refractivity contribution in [1.82, 2.24) is 4.98 Å². The van der Waals surface area contributed by atoms with Crippen LogP contribution in [0.25, 0.3) is 0 Å². The number of hydrogen-bond donors (Lipinski definition) is 1. The second-order valence-corrected chi connectivity index (χ2v) is 2.11. The number of hydrazone groups is 1. The first-order chi connectivity index (χ1) is 5.24. The molecular formula is C7H8FN3. The fourth-order valence-electron chi connectivity index (χ4n) is 0.684. The van der Waals surface area contributed by atoms with Gasteiger partial charge in [-0.3, -0.25) is 4.98 Å². The van der Waals surface area contributed by atoms with E-state index in [1.165, 1.54) is 12.3 Å². The number of pyridine rings is 1. The van der Waals surface area contributed by atoms with Gasteiger partial charge in [0.2, 0.25) is 0 Å². The lowest BCUT2D eigenvalue weighted by atomic mass is 10.2. The first-order valence-electron chi connectivity index (χ1n) is 3.09. The summed E-state index contributed by atoms with van der Waals surface area (Å²) >= 11 is 0. The molecule has 1 aromatic rings. The molecule has 2 N–H and O–H groups in total. The summed E-state index contributed by atoms with van der Waals surface area (Å²) in [6.45, 7) is 1.69. The zero-order valence-corrected chi connectivity index (χ0v) is 6.08. The molecule has 4 heteroatoms. The van der Waals surface area contributed by atoms with E-state index in [1.54, 1.807) is 6.92 Å². The van der Waals surface area contributed by atoms with Gasteiger partial charge < -0.3 is 5.84 Å². The Bertz CT molecular complexity index is 283. The quantitative estimate of drug-likeness (QED) is 0.370. The maximum Gasteiger partial charge on any atom is 0.142 e. The van der Waals surface area contributed by atoms with E-state index in [0.717, 1.165) is 6.20 Å². The van der Waals surface area contributed by atoms with Crippen LogP contribution in [0.15, 0.2) is 23.6 Å². The van der Waals surface area contributed by atoms with E-state index in [4.69, 9.17) is 5.84 Å². The number of nitrogens with two attached hydrogens (primary N) is 1. The molecule has 0 aromatic carbocycles. The summed E-state index contributed by atoms with van der Waals surface area (Å²) in [6.07, 6.45) is 2.64. The lowest BCUT2D eigenvalue weighted by molar-refractivity contribution is 0.621. The van der Waals surface area contributed by atoms with Crippen LogP contribution in [0.1, 0.15) is 12.5 Å². The van der Waals surface area contributed by atoms with E-state index in [-0.39, 0.29) is 5.82 Å². The fourth-order valence-corrected chi connectivity index (χ4v) is 0.684. The van der Waals surface area contributed by atoms with Gasteiger partial charge in [0.1, 0.15) is 5.82 Å². The Morgan fingerprint density at radius 1 is 1.64 bits per heavy atom. The third kappa shape index (κ3) is 1.73. The van der Waals surface area contributed by atoms with Crippen LogP contribution < -0.4 is 5.84 Å². The standard InChI is InChI=1S/C7H8FN3/c1-5(11-9)6-2-7(8)4-10-3-6/h2-4H,9H2,1H3/b11-5-. The highest BCUT2D eigenvalue weighted by atomic mass is 19.1. The van der Waals surface area contributed by atoms with Gasteiger partial charge >= 0.3 is 0 Å². The molecule has 0 aliphatic carbocycles. The SMILES string of the molecule is C/C(=N/N)c1cncc(F)c1. The molecule has 0 amide bonds. The van der Waals surface area contributed by atoms with E-state index in [0.29, 0.717) is 11.3 Å². The molecule has 58 valence electrons. The minimum absolute atomic E-state index is 0.384. The molecule has 1 aromatic heterocycles. The lowest BCUT2D eigenvalue weighted by Gasteiger charge is -1.96. The molecule has 1 rings (SSSR count). The molecule has 0 aliphatic heterocycles. The van der Waals surface area contributed by atoms with Crippen molar-refractivity contribution >= 4 is 5.71 Å². The molecule has 0 radical (unpaired) electrons. The van der Waals surface area contributed by atoms with Crippen LogP contribution in [0.3, 0.4) is 0 Å². The first-order valence-corrected chi connectivity index (χ1v) is 3.09. The number of rotatable bonds is 1. The highest BCUT2D eigenvalue weighted by Crippen LogP contribution is 2.01. The van der Waals surface area contributed by atoms with Crippen molar-refractivity contribution in [2.75, 3.05) is 0 Å². The van der Waals surface area contributed by atoms with E-state index in [1.807, 2.05) is 0 Å². The Labute approximate surface area is 63.8 Å². The second kappa shape index (κ2) is 3.09. The monoisotopic (exact) mass is 153 g/mol. The van der Waals surface area contributed by atoms with Crippen LogP contribution in [-0.4, -0.2) is 10.7 Å². The van der Waals surface area contributed by atoms with Crippen molar-refractivity contribution in [1.29, 1.82) is 0 Å². The average Bonchev–Trinajstić information content (AvgIpc) is 2.03. The van der Waals surface area contributed by atoms with E-state index >= 15 is 0 Å². The minimum atomic E-state index is -0.384. The van der Waals surface area contributed by atoms with Crippen molar-refractivity contribution in [3.8, 4) is 0 Å². The normalized spacial score (nSPS) is 11.6. The Hall–Kier alpha value is -1.45. The van der Waals surface area contributed by atoms with Gasteiger partial charge in [0.15, 0.2) is 0 Å². The van der Waals surface area contributed by atoms with Crippen molar-refractivity contribution in [3.63, 3.8) is 0 Å². The largest absolute Gasteiger partial charge is 0.323 e. The number of aromatic nitrogens is 1. The summed E-state index contributed by atoms with van der Waals surface area (Å²) in [4.78, 5) is 3.64. The highest BCUT2D eigenvalue weighted by Gasteiger charge is 1.97. The zero-order valence-electron chi connectivity index (χ0n) is 6.08. The fraction of sp³-hybridized carbons (Fsp3) is 0.143. The summed E-state index contributed by atoms with van der Waals surface area (Å²) in [7, 11) is 0. The average molecular weight is 153 g/mol. The van der Waals surface area contributed by atoms with Gasteiger partial charge in [0.25, 0.3) is 0 Å². The van der Waals surface area contributed by atoms with Crippen molar-refractivity contribution in [2.45, 2.75) is 6.92 Å². The van der Waals surface area contributed by atoms with Gasteiger partial charge in [-0.25, -0.2) is 4.39 Å². The molecule has 11 heavy (non-hydrogen) atoms. The van der Waals surface area contributed by atoms with E-state index < -0.39 is 0 Å². The molecular weight excluding hydrogens is 145 g/mol. The summed E-state index contributed by atoms with van der Waals surface area (Å²) in [6, 6.07) is 1.33. The van der Waals surface area contributed by atoms with Gasteiger partial charge in [-0.2, -0.15) is 5.10 Å².